The summed E-state index contributed by atoms with van der Waals surface area (Å²) >= 11 is 0. The fourth-order valence-electron chi connectivity index (χ4n) is 1.69. The minimum Gasteiger partial charge on any atom is -0.314 e. The van der Waals surface area contributed by atoms with Crippen LogP contribution in [0.25, 0.3) is 11.2 Å². The molecule has 0 bridgehead atoms. The molecule has 0 atom stereocenters. The highest BCUT2D eigenvalue weighted by Gasteiger charge is 2.08. The number of rotatable bonds is 2. The predicted molar refractivity (Wildman–Crippen MR) is 69.6 cm³/mol. The Balaban J connectivity index is 2.04. The maximum atomic E-state index is 4.39. The van der Waals surface area contributed by atoms with E-state index < -0.39 is 0 Å². The Morgan fingerprint density at radius 3 is 2.56 bits per heavy atom. The molecule has 0 spiro atoms. The third-order valence-corrected chi connectivity index (χ3v) is 2.66. The summed E-state index contributed by atoms with van der Waals surface area (Å²) in [5.74, 6) is 0.606. The average molecular weight is 237 g/mol. The van der Waals surface area contributed by atoms with Crippen LogP contribution in [0, 0.1) is 0 Å². The molecular formula is C13H11N5. The molecule has 0 aliphatic rings. The Kier molecular flexibility index (Phi) is 2.57. The molecule has 0 aliphatic carbocycles. The van der Waals surface area contributed by atoms with Gasteiger partial charge < -0.3 is 4.90 Å². The second-order valence-corrected chi connectivity index (χ2v) is 3.83. The van der Waals surface area contributed by atoms with E-state index in [4.69, 9.17) is 0 Å². The Hall–Kier alpha value is -2.56. The minimum absolute atomic E-state index is 0.602. The van der Waals surface area contributed by atoms with Crippen LogP contribution in [0.3, 0.4) is 0 Å². The summed E-state index contributed by atoms with van der Waals surface area (Å²) in [5.41, 5.74) is 2.33. The van der Waals surface area contributed by atoms with Gasteiger partial charge in [-0.05, 0) is 12.1 Å². The van der Waals surface area contributed by atoms with Crippen molar-refractivity contribution in [1.82, 2.24) is 19.9 Å². The first-order valence-electron chi connectivity index (χ1n) is 5.57. The molecule has 2 aromatic heterocycles. The molecular weight excluding hydrogens is 226 g/mol. The van der Waals surface area contributed by atoms with Gasteiger partial charge >= 0.3 is 0 Å². The first kappa shape index (κ1) is 10.6. The fourth-order valence-corrected chi connectivity index (χ4v) is 1.69. The topological polar surface area (TPSA) is 54.8 Å². The van der Waals surface area contributed by atoms with E-state index in [1.165, 1.54) is 0 Å². The number of hydrogen-bond donors (Lipinski definition) is 0. The van der Waals surface area contributed by atoms with Crippen molar-refractivity contribution in [3.8, 4) is 0 Å². The highest BCUT2D eigenvalue weighted by Crippen LogP contribution is 2.19. The Labute approximate surface area is 104 Å². The second-order valence-electron chi connectivity index (χ2n) is 3.83. The van der Waals surface area contributed by atoms with Crippen molar-refractivity contribution in [2.75, 3.05) is 11.9 Å². The molecule has 0 amide bonds. The smallest absolute Gasteiger partial charge is 0.231 e. The van der Waals surface area contributed by atoms with E-state index in [0.29, 0.717) is 17.1 Å². The zero-order valence-electron chi connectivity index (χ0n) is 9.85. The van der Waals surface area contributed by atoms with Crippen LogP contribution in [-0.4, -0.2) is 27.0 Å². The summed E-state index contributed by atoms with van der Waals surface area (Å²) in [6.07, 6.45) is 4.94. The summed E-state index contributed by atoms with van der Waals surface area (Å²) < 4.78 is 0. The van der Waals surface area contributed by atoms with Gasteiger partial charge in [-0.15, -0.1) is 0 Å². The third kappa shape index (κ3) is 1.86. The van der Waals surface area contributed by atoms with Crippen LogP contribution in [0.15, 0.2) is 48.9 Å². The second kappa shape index (κ2) is 4.37. The Morgan fingerprint density at radius 2 is 1.72 bits per heavy atom. The Bertz CT molecular complexity index is 668. The van der Waals surface area contributed by atoms with Crippen molar-refractivity contribution in [3.63, 3.8) is 0 Å². The summed E-state index contributed by atoms with van der Waals surface area (Å²) in [6, 6.07) is 9.94. The van der Waals surface area contributed by atoms with E-state index in [-0.39, 0.29) is 0 Å². The summed E-state index contributed by atoms with van der Waals surface area (Å²) in [7, 11) is 1.92. The number of anilines is 2. The summed E-state index contributed by atoms with van der Waals surface area (Å²) in [6.45, 7) is 0. The van der Waals surface area contributed by atoms with E-state index in [9.17, 15) is 0 Å². The highest BCUT2D eigenvalue weighted by molar-refractivity contribution is 5.70. The molecule has 0 saturated carbocycles. The van der Waals surface area contributed by atoms with Gasteiger partial charge in [-0.2, -0.15) is 4.98 Å². The number of fused-ring (bicyclic) bond motifs is 1. The van der Waals surface area contributed by atoms with Crippen molar-refractivity contribution in [3.05, 3.63) is 48.9 Å². The van der Waals surface area contributed by atoms with Crippen LogP contribution >= 0.6 is 0 Å². The van der Waals surface area contributed by atoms with Crippen molar-refractivity contribution in [2.45, 2.75) is 0 Å². The van der Waals surface area contributed by atoms with Gasteiger partial charge in [0.05, 0.1) is 6.20 Å². The van der Waals surface area contributed by atoms with Gasteiger partial charge in [-0.25, -0.2) is 15.0 Å². The molecule has 3 rings (SSSR count). The predicted octanol–water partition coefficient (Wildman–Crippen LogP) is 2.19. The molecule has 18 heavy (non-hydrogen) atoms. The molecule has 0 N–H and O–H groups in total. The van der Waals surface area contributed by atoms with Crippen LogP contribution in [-0.2, 0) is 0 Å². The number of para-hydroxylation sites is 1. The summed E-state index contributed by atoms with van der Waals surface area (Å²) in [5, 5.41) is 0. The van der Waals surface area contributed by atoms with E-state index in [2.05, 4.69) is 19.9 Å². The van der Waals surface area contributed by atoms with E-state index in [1.807, 2.05) is 42.3 Å². The molecule has 1 aromatic carbocycles. The average Bonchev–Trinajstić information content (AvgIpc) is 2.47. The van der Waals surface area contributed by atoms with Crippen LogP contribution in [0.1, 0.15) is 0 Å². The third-order valence-electron chi connectivity index (χ3n) is 2.66. The molecule has 3 aromatic rings. The van der Waals surface area contributed by atoms with Gasteiger partial charge in [0.15, 0.2) is 5.65 Å². The quantitative estimate of drug-likeness (QED) is 0.683. The van der Waals surface area contributed by atoms with Gasteiger partial charge in [0.1, 0.15) is 5.52 Å². The molecule has 88 valence electrons. The van der Waals surface area contributed by atoms with Gasteiger partial charge in [-0.3, -0.25) is 0 Å². The molecule has 0 radical (unpaired) electrons. The van der Waals surface area contributed by atoms with Gasteiger partial charge in [0.25, 0.3) is 0 Å². The lowest BCUT2D eigenvalue weighted by molar-refractivity contribution is 1.05. The number of nitrogens with zero attached hydrogens (tertiary/aromatic N) is 5. The van der Waals surface area contributed by atoms with E-state index in [0.717, 1.165) is 5.69 Å². The van der Waals surface area contributed by atoms with Crippen LogP contribution < -0.4 is 4.90 Å². The molecule has 2 heterocycles. The maximum Gasteiger partial charge on any atom is 0.231 e. The summed E-state index contributed by atoms with van der Waals surface area (Å²) in [4.78, 5) is 18.9. The van der Waals surface area contributed by atoms with Gasteiger partial charge in [0, 0.05) is 25.1 Å². The van der Waals surface area contributed by atoms with Crippen molar-refractivity contribution >= 4 is 22.8 Å². The number of hydrogen-bond acceptors (Lipinski definition) is 5. The number of aromatic nitrogens is 4. The molecule has 0 fully saturated rings. The molecule has 0 unspecified atom stereocenters. The van der Waals surface area contributed by atoms with E-state index >= 15 is 0 Å². The SMILES string of the molecule is CN(c1ccccc1)c1ncc2nccnc2n1. The highest BCUT2D eigenvalue weighted by atomic mass is 15.2. The molecule has 0 aliphatic heterocycles. The van der Waals surface area contributed by atoms with E-state index in [1.54, 1.807) is 18.6 Å². The van der Waals surface area contributed by atoms with Crippen LogP contribution in [0.5, 0.6) is 0 Å². The molecule has 5 nitrogen and oxygen atoms in total. The first-order valence-corrected chi connectivity index (χ1v) is 5.57. The lowest BCUT2D eigenvalue weighted by Gasteiger charge is -2.16. The largest absolute Gasteiger partial charge is 0.314 e. The van der Waals surface area contributed by atoms with Crippen LogP contribution in [0.2, 0.25) is 0 Å². The number of benzene rings is 1. The maximum absolute atomic E-state index is 4.39. The lowest BCUT2D eigenvalue weighted by Crippen LogP contribution is -2.13. The van der Waals surface area contributed by atoms with Gasteiger partial charge in [0.2, 0.25) is 5.95 Å². The zero-order valence-corrected chi connectivity index (χ0v) is 9.85. The molecule has 5 heteroatoms. The van der Waals surface area contributed by atoms with Crippen molar-refractivity contribution < 1.29 is 0 Å². The van der Waals surface area contributed by atoms with Gasteiger partial charge in [-0.1, -0.05) is 18.2 Å². The normalized spacial score (nSPS) is 10.5. The lowest BCUT2D eigenvalue weighted by atomic mass is 10.3. The molecule has 0 saturated heterocycles. The minimum atomic E-state index is 0.602. The zero-order chi connectivity index (χ0) is 12.4. The van der Waals surface area contributed by atoms with Crippen molar-refractivity contribution in [2.24, 2.45) is 0 Å². The van der Waals surface area contributed by atoms with Crippen LogP contribution in [0.4, 0.5) is 11.6 Å². The Morgan fingerprint density at radius 1 is 0.944 bits per heavy atom. The standard InChI is InChI=1S/C13H11N5/c1-18(10-5-3-2-4-6-10)13-16-9-11-12(17-13)15-8-7-14-11/h2-9H,1H3. The fraction of sp³-hybridized carbons (Fsp3) is 0.0769. The van der Waals surface area contributed by atoms with Crippen molar-refractivity contribution in [1.29, 1.82) is 0 Å². The first-order chi connectivity index (χ1) is 8.84. The monoisotopic (exact) mass is 237 g/mol.